The minimum atomic E-state index is -3.26. The van der Waals surface area contributed by atoms with E-state index in [1.54, 1.807) is 4.31 Å². The van der Waals surface area contributed by atoms with Gasteiger partial charge >= 0.3 is 0 Å². The van der Waals surface area contributed by atoms with Gasteiger partial charge in [-0.15, -0.1) is 0 Å². The Hall–Kier alpha value is -0.210. The molecule has 21 heavy (non-hydrogen) atoms. The first-order valence-electron chi connectivity index (χ1n) is 7.90. The predicted octanol–water partition coefficient (Wildman–Crippen LogP) is -0.260. The third-order valence-electron chi connectivity index (χ3n) is 5.12. The molecule has 4 unspecified atom stereocenters. The van der Waals surface area contributed by atoms with E-state index < -0.39 is 10.0 Å². The summed E-state index contributed by atoms with van der Waals surface area (Å²) in [6, 6.07) is 0. The predicted molar refractivity (Wildman–Crippen MR) is 79.4 cm³/mol. The Morgan fingerprint density at radius 2 is 1.95 bits per heavy atom. The molecule has 0 aromatic rings. The molecule has 1 aliphatic carbocycles. The van der Waals surface area contributed by atoms with E-state index in [2.05, 4.69) is 4.90 Å². The second-order valence-electron chi connectivity index (χ2n) is 6.84. The van der Waals surface area contributed by atoms with Gasteiger partial charge in [-0.05, 0) is 38.1 Å². The SMILES string of the molecule is CN1CCOC(CS(=O)(=O)N2CC3CCC(O)CC3C2)C1. The summed E-state index contributed by atoms with van der Waals surface area (Å²) in [5.41, 5.74) is 0. The number of nitrogens with zero attached hydrogens (tertiary/aromatic N) is 2. The van der Waals surface area contributed by atoms with E-state index in [-0.39, 0.29) is 18.0 Å². The molecule has 122 valence electrons. The quantitative estimate of drug-likeness (QED) is 0.776. The van der Waals surface area contributed by atoms with Crippen LogP contribution in [0, 0.1) is 11.8 Å². The third kappa shape index (κ3) is 3.59. The molecule has 2 saturated heterocycles. The fraction of sp³-hybridized carbons (Fsp3) is 1.00. The van der Waals surface area contributed by atoms with Crippen LogP contribution in [0.15, 0.2) is 0 Å². The van der Waals surface area contributed by atoms with Crippen molar-refractivity contribution < 1.29 is 18.3 Å². The van der Waals surface area contributed by atoms with Gasteiger partial charge < -0.3 is 14.7 Å². The molecule has 2 aliphatic heterocycles. The van der Waals surface area contributed by atoms with Gasteiger partial charge in [0, 0.05) is 26.2 Å². The molecule has 0 aromatic heterocycles. The summed E-state index contributed by atoms with van der Waals surface area (Å²) in [5, 5.41) is 9.74. The number of morpholine rings is 1. The van der Waals surface area contributed by atoms with Gasteiger partial charge in [-0.3, -0.25) is 0 Å². The summed E-state index contributed by atoms with van der Waals surface area (Å²) in [7, 11) is -1.26. The van der Waals surface area contributed by atoms with Gasteiger partial charge in [0.2, 0.25) is 10.0 Å². The Bertz CT molecular complexity index is 470. The summed E-state index contributed by atoms with van der Waals surface area (Å²) in [6.07, 6.45) is 2.04. The maximum Gasteiger partial charge on any atom is 0.216 e. The molecule has 0 amide bonds. The van der Waals surface area contributed by atoms with E-state index in [1.165, 1.54) is 0 Å². The highest BCUT2D eigenvalue weighted by atomic mass is 32.2. The maximum absolute atomic E-state index is 12.6. The number of hydrogen-bond donors (Lipinski definition) is 1. The Morgan fingerprint density at radius 1 is 1.19 bits per heavy atom. The molecule has 6 nitrogen and oxygen atoms in total. The van der Waals surface area contributed by atoms with Gasteiger partial charge in [-0.2, -0.15) is 0 Å². The lowest BCUT2D eigenvalue weighted by Crippen LogP contribution is -2.45. The van der Waals surface area contributed by atoms with Crippen LogP contribution in [0.3, 0.4) is 0 Å². The number of likely N-dealkylation sites (N-methyl/N-ethyl adjacent to an activating group) is 1. The first-order valence-corrected chi connectivity index (χ1v) is 9.51. The molecular weight excluding hydrogens is 292 g/mol. The number of hydrogen-bond acceptors (Lipinski definition) is 5. The van der Waals surface area contributed by atoms with Crippen LogP contribution in [-0.4, -0.2) is 80.5 Å². The molecule has 1 saturated carbocycles. The summed E-state index contributed by atoms with van der Waals surface area (Å²) in [4.78, 5) is 2.11. The lowest BCUT2D eigenvalue weighted by Gasteiger charge is -2.30. The van der Waals surface area contributed by atoms with Crippen molar-refractivity contribution in [3.63, 3.8) is 0 Å². The van der Waals surface area contributed by atoms with Crippen LogP contribution in [-0.2, 0) is 14.8 Å². The van der Waals surface area contributed by atoms with Crippen LogP contribution >= 0.6 is 0 Å². The van der Waals surface area contributed by atoms with Crippen molar-refractivity contribution in [2.45, 2.75) is 31.5 Å². The zero-order valence-electron chi connectivity index (χ0n) is 12.6. The van der Waals surface area contributed by atoms with Gasteiger partial charge in [0.25, 0.3) is 0 Å². The molecule has 2 heterocycles. The average Bonchev–Trinajstić information content (AvgIpc) is 2.82. The zero-order chi connectivity index (χ0) is 15.0. The molecule has 3 rings (SSSR count). The van der Waals surface area contributed by atoms with Gasteiger partial charge in [-0.1, -0.05) is 0 Å². The van der Waals surface area contributed by atoms with Gasteiger partial charge in [0.1, 0.15) is 0 Å². The Kier molecular flexibility index (Phi) is 4.57. The second-order valence-corrected chi connectivity index (χ2v) is 8.85. The molecule has 0 bridgehead atoms. The number of aliphatic hydroxyl groups excluding tert-OH is 1. The third-order valence-corrected chi connectivity index (χ3v) is 7.00. The second kappa shape index (κ2) is 6.12. The fourth-order valence-corrected chi connectivity index (χ4v) is 5.62. The van der Waals surface area contributed by atoms with Crippen LogP contribution in [0.1, 0.15) is 19.3 Å². The Labute approximate surface area is 127 Å². The van der Waals surface area contributed by atoms with Crippen molar-refractivity contribution in [3.8, 4) is 0 Å². The maximum atomic E-state index is 12.6. The van der Waals surface area contributed by atoms with E-state index in [0.717, 1.165) is 25.8 Å². The molecule has 3 fully saturated rings. The number of fused-ring (bicyclic) bond motifs is 1. The molecule has 0 aromatic carbocycles. The van der Waals surface area contributed by atoms with Crippen molar-refractivity contribution in [1.29, 1.82) is 0 Å². The van der Waals surface area contributed by atoms with Crippen molar-refractivity contribution in [2.75, 3.05) is 45.6 Å². The minimum Gasteiger partial charge on any atom is -0.393 e. The normalized spacial score (nSPS) is 39.3. The van der Waals surface area contributed by atoms with E-state index in [0.29, 0.717) is 38.1 Å². The minimum absolute atomic E-state index is 0.0827. The summed E-state index contributed by atoms with van der Waals surface area (Å²) >= 11 is 0. The molecule has 4 atom stereocenters. The molecule has 1 N–H and O–H groups in total. The van der Waals surface area contributed by atoms with E-state index in [9.17, 15) is 13.5 Å². The summed E-state index contributed by atoms with van der Waals surface area (Å²) in [6.45, 7) is 3.35. The highest BCUT2D eigenvalue weighted by Crippen LogP contribution is 2.37. The molecule has 7 heteroatoms. The number of ether oxygens (including phenoxy) is 1. The van der Waals surface area contributed by atoms with Crippen molar-refractivity contribution >= 4 is 10.0 Å². The van der Waals surface area contributed by atoms with Crippen LogP contribution in [0.2, 0.25) is 0 Å². The van der Waals surface area contributed by atoms with Crippen LogP contribution in [0.5, 0.6) is 0 Å². The summed E-state index contributed by atoms with van der Waals surface area (Å²) in [5.74, 6) is 0.843. The number of aliphatic hydroxyl groups is 1. The van der Waals surface area contributed by atoms with Crippen LogP contribution in [0.25, 0.3) is 0 Å². The van der Waals surface area contributed by atoms with Gasteiger partial charge in [0.05, 0.1) is 24.6 Å². The summed E-state index contributed by atoms with van der Waals surface area (Å²) < 4.78 is 32.4. The Morgan fingerprint density at radius 3 is 2.71 bits per heavy atom. The topological polar surface area (TPSA) is 70.1 Å². The first-order chi connectivity index (χ1) is 9.94. The number of rotatable bonds is 3. The van der Waals surface area contributed by atoms with Crippen molar-refractivity contribution in [2.24, 2.45) is 11.8 Å². The fourth-order valence-electron chi connectivity index (χ4n) is 3.90. The highest BCUT2D eigenvalue weighted by Gasteiger charge is 2.42. The lowest BCUT2D eigenvalue weighted by molar-refractivity contribution is -0.00723. The van der Waals surface area contributed by atoms with Crippen LogP contribution < -0.4 is 0 Å². The lowest BCUT2D eigenvalue weighted by atomic mass is 9.80. The molecule has 3 aliphatic rings. The highest BCUT2D eigenvalue weighted by molar-refractivity contribution is 7.89. The average molecular weight is 318 g/mol. The standard InChI is InChI=1S/C14H26N2O4S/c1-15-4-5-20-14(9-15)10-21(18,19)16-7-11-2-3-13(17)6-12(11)8-16/h11-14,17H,2-10H2,1H3. The smallest absolute Gasteiger partial charge is 0.216 e. The largest absolute Gasteiger partial charge is 0.393 e. The van der Waals surface area contributed by atoms with Gasteiger partial charge in [-0.25, -0.2) is 12.7 Å². The molecule has 0 radical (unpaired) electrons. The van der Waals surface area contributed by atoms with Gasteiger partial charge in [0.15, 0.2) is 0 Å². The first kappa shape index (κ1) is 15.7. The van der Waals surface area contributed by atoms with E-state index in [1.807, 2.05) is 7.05 Å². The molecule has 0 spiro atoms. The van der Waals surface area contributed by atoms with Crippen LogP contribution in [0.4, 0.5) is 0 Å². The van der Waals surface area contributed by atoms with Crippen molar-refractivity contribution in [1.82, 2.24) is 9.21 Å². The number of sulfonamides is 1. The zero-order valence-corrected chi connectivity index (χ0v) is 13.5. The molecular formula is C14H26N2O4S. The monoisotopic (exact) mass is 318 g/mol. The van der Waals surface area contributed by atoms with Crippen molar-refractivity contribution in [3.05, 3.63) is 0 Å². The van der Waals surface area contributed by atoms with E-state index in [4.69, 9.17) is 4.74 Å². The van der Waals surface area contributed by atoms with E-state index >= 15 is 0 Å². The Balaban J connectivity index is 1.60.